The number of carbonyl (C=O) groups is 1. The summed E-state index contributed by atoms with van der Waals surface area (Å²) in [7, 11) is 0. The molecule has 0 aliphatic heterocycles. The smallest absolute Gasteiger partial charge is 0.168 e. The number of allylic oxidation sites excluding steroid dienone is 2. The lowest BCUT2D eigenvalue weighted by molar-refractivity contribution is -0.118. The Hall–Kier alpha value is -1.29. The standard InChI is InChI=1S/C15H22ClNO3/c1-4-6-11(17-20-8-5-7-16)14-12(18)9-15(2,3)10-13(14)19/h5,7,18H,4,6,8-10H2,1-3H3. The average Bonchev–Trinajstić information content (AvgIpc) is 2.32. The Labute approximate surface area is 125 Å². The molecule has 4 nitrogen and oxygen atoms in total. The van der Waals surface area contributed by atoms with Crippen molar-refractivity contribution < 1.29 is 14.7 Å². The molecule has 0 aromatic carbocycles. The summed E-state index contributed by atoms with van der Waals surface area (Å²) in [4.78, 5) is 17.3. The Kier molecular flexibility index (Phi) is 6.27. The quantitative estimate of drug-likeness (QED) is 0.456. The van der Waals surface area contributed by atoms with Crippen LogP contribution in [0.4, 0.5) is 0 Å². The lowest BCUT2D eigenvalue weighted by Crippen LogP contribution is -2.29. The minimum absolute atomic E-state index is 0.0672. The highest BCUT2D eigenvalue weighted by Gasteiger charge is 2.35. The topological polar surface area (TPSA) is 58.9 Å². The third-order valence-corrected chi connectivity index (χ3v) is 3.24. The van der Waals surface area contributed by atoms with E-state index in [0.717, 1.165) is 6.42 Å². The third-order valence-electron chi connectivity index (χ3n) is 3.06. The first-order valence-electron chi connectivity index (χ1n) is 6.81. The van der Waals surface area contributed by atoms with Crippen LogP contribution in [-0.2, 0) is 9.63 Å². The van der Waals surface area contributed by atoms with Gasteiger partial charge < -0.3 is 9.94 Å². The van der Waals surface area contributed by atoms with Crippen molar-refractivity contribution >= 4 is 23.1 Å². The van der Waals surface area contributed by atoms with Crippen LogP contribution in [0.5, 0.6) is 0 Å². The number of carbonyl (C=O) groups excluding carboxylic acids is 1. The highest BCUT2D eigenvalue weighted by molar-refractivity contribution is 6.25. The van der Waals surface area contributed by atoms with Crippen molar-refractivity contribution in [2.75, 3.05) is 6.61 Å². The molecule has 0 amide bonds. The minimum Gasteiger partial charge on any atom is -0.511 e. The summed E-state index contributed by atoms with van der Waals surface area (Å²) in [5, 5.41) is 14.2. The van der Waals surface area contributed by atoms with Crippen LogP contribution < -0.4 is 0 Å². The molecule has 1 aliphatic carbocycles. The first kappa shape index (κ1) is 16.8. The summed E-state index contributed by atoms with van der Waals surface area (Å²) in [5.74, 6) is 0.0531. The molecule has 1 aliphatic rings. The van der Waals surface area contributed by atoms with Gasteiger partial charge in [-0.15, -0.1) is 0 Å². The van der Waals surface area contributed by atoms with E-state index < -0.39 is 0 Å². The largest absolute Gasteiger partial charge is 0.511 e. The molecule has 0 radical (unpaired) electrons. The van der Waals surface area contributed by atoms with Gasteiger partial charge in [-0.25, -0.2) is 0 Å². The maximum atomic E-state index is 12.2. The molecular formula is C15H22ClNO3. The number of nitrogens with zero attached hydrogens (tertiary/aromatic N) is 1. The normalized spacial score (nSPS) is 19.8. The van der Waals surface area contributed by atoms with Crippen molar-refractivity contribution in [1.29, 1.82) is 0 Å². The molecule has 0 saturated carbocycles. The van der Waals surface area contributed by atoms with Crippen LogP contribution in [0.2, 0.25) is 0 Å². The zero-order valence-corrected chi connectivity index (χ0v) is 13.0. The number of Topliss-reactive ketones (excluding diaryl/α,β-unsaturated/α-hetero) is 1. The maximum Gasteiger partial charge on any atom is 0.168 e. The number of hydrogen-bond donors (Lipinski definition) is 1. The van der Waals surface area contributed by atoms with E-state index in [2.05, 4.69) is 5.16 Å². The number of hydrogen-bond acceptors (Lipinski definition) is 4. The fourth-order valence-corrected chi connectivity index (χ4v) is 2.34. The van der Waals surface area contributed by atoms with Crippen molar-refractivity contribution in [2.24, 2.45) is 10.6 Å². The summed E-state index contributed by atoms with van der Waals surface area (Å²) in [6.07, 6.45) is 3.92. The molecule has 0 aromatic rings. The van der Waals surface area contributed by atoms with Crippen LogP contribution in [0, 0.1) is 5.41 Å². The molecule has 112 valence electrons. The first-order chi connectivity index (χ1) is 9.41. The van der Waals surface area contributed by atoms with E-state index in [0.29, 0.717) is 30.5 Å². The molecule has 0 atom stereocenters. The molecule has 0 bridgehead atoms. The van der Waals surface area contributed by atoms with E-state index in [9.17, 15) is 9.90 Å². The Morgan fingerprint density at radius 2 is 2.20 bits per heavy atom. The Morgan fingerprint density at radius 3 is 2.75 bits per heavy atom. The van der Waals surface area contributed by atoms with Gasteiger partial charge in [0.2, 0.25) is 0 Å². The SMILES string of the molecule is CCCC(=NOCC=CCl)C1=C(O)CC(C)(C)CC1=O. The maximum absolute atomic E-state index is 12.2. The van der Waals surface area contributed by atoms with Gasteiger partial charge in [-0.05, 0) is 17.9 Å². The van der Waals surface area contributed by atoms with E-state index in [1.54, 1.807) is 6.08 Å². The molecule has 5 heteroatoms. The molecule has 0 fully saturated rings. The zero-order chi connectivity index (χ0) is 15.2. The third kappa shape index (κ3) is 4.67. The van der Waals surface area contributed by atoms with Crippen LogP contribution >= 0.6 is 11.6 Å². The van der Waals surface area contributed by atoms with Crippen molar-refractivity contribution in [3.8, 4) is 0 Å². The second-order valence-electron chi connectivity index (χ2n) is 5.71. The van der Waals surface area contributed by atoms with Crippen LogP contribution in [0.25, 0.3) is 0 Å². The van der Waals surface area contributed by atoms with E-state index in [-0.39, 0.29) is 23.6 Å². The highest BCUT2D eigenvalue weighted by Crippen LogP contribution is 2.36. The highest BCUT2D eigenvalue weighted by atomic mass is 35.5. The van der Waals surface area contributed by atoms with Gasteiger partial charge in [0.25, 0.3) is 0 Å². The average molecular weight is 300 g/mol. The molecular weight excluding hydrogens is 278 g/mol. The van der Waals surface area contributed by atoms with Gasteiger partial charge in [-0.1, -0.05) is 43.9 Å². The van der Waals surface area contributed by atoms with Gasteiger partial charge in [0.05, 0.1) is 11.3 Å². The molecule has 0 unspecified atom stereocenters. The van der Waals surface area contributed by atoms with Gasteiger partial charge in [0.1, 0.15) is 12.4 Å². The number of rotatable bonds is 6. The van der Waals surface area contributed by atoms with Gasteiger partial charge in [-0.2, -0.15) is 0 Å². The lowest BCUT2D eigenvalue weighted by atomic mass is 9.75. The molecule has 1 N–H and O–H groups in total. The predicted molar refractivity (Wildman–Crippen MR) is 81.0 cm³/mol. The van der Waals surface area contributed by atoms with E-state index in [1.165, 1.54) is 5.54 Å². The number of halogens is 1. The van der Waals surface area contributed by atoms with E-state index in [1.807, 2.05) is 20.8 Å². The van der Waals surface area contributed by atoms with Crippen molar-refractivity contribution in [1.82, 2.24) is 0 Å². The fraction of sp³-hybridized carbons (Fsp3) is 0.600. The second-order valence-corrected chi connectivity index (χ2v) is 5.96. The first-order valence-corrected chi connectivity index (χ1v) is 7.24. The predicted octanol–water partition coefficient (Wildman–Crippen LogP) is 4.11. The monoisotopic (exact) mass is 299 g/mol. The van der Waals surface area contributed by atoms with Crippen LogP contribution in [0.1, 0.15) is 46.5 Å². The summed E-state index contributed by atoms with van der Waals surface area (Å²) >= 11 is 5.39. The molecule has 0 aromatic heterocycles. The van der Waals surface area contributed by atoms with Gasteiger partial charge >= 0.3 is 0 Å². The van der Waals surface area contributed by atoms with Gasteiger partial charge in [-0.3, -0.25) is 4.79 Å². The van der Waals surface area contributed by atoms with Crippen LogP contribution in [0.3, 0.4) is 0 Å². The second kappa shape index (κ2) is 7.48. The minimum atomic E-state index is -0.204. The van der Waals surface area contributed by atoms with Gasteiger partial charge in [0.15, 0.2) is 5.78 Å². The number of aliphatic hydroxyl groups is 1. The van der Waals surface area contributed by atoms with E-state index >= 15 is 0 Å². The molecule has 0 heterocycles. The summed E-state index contributed by atoms with van der Waals surface area (Å²) < 4.78 is 0. The Morgan fingerprint density at radius 1 is 1.50 bits per heavy atom. The van der Waals surface area contributed by atoms with Crippen LogP contribution in [-0.4, -0.2) is 23.2 Å². The summed E-state index contributed by atoms with van der Waals surface area (Å²) in [5.41, 5.74) is 2.00. The van der Waals surface area contributed by atoms with E-state index in [4.69, 9.17) is 16.4 Å². The molecule has 0 spiro atoms. The molecule has 1 rings (SSSR count). The molecule has 0 saturated heterocycles. The number of aliphatic hydroxyl groups excluding tert-OH is 1. The van der Waals surface area contributed by atoms with Crippen molar-refractivity contribution in [3.05, 3.63) is 22.9 Å². The van der Waals surface area contributed by atoms with Crippen LogP contribution in [0.15, 0.2) is 28.1 Å². The number of oxime groups is 1. The van der Waals surface area contributed by atoms with Crippen molar-refractivity contribution in [3.63, 3.8) is 0 Å². The summed E-state index contributed by atoms with van der Waals surface area (Å²) in [6, 6.07) is 0. The Bertz CT molecular complexity index is 450. The van der Waals surface area contributed by atoms with Gasteiger partial charge in [0, 0.05) is 18.4 Å². The molecule has 20 heavy (non-hydrogen) atoms. The van der Waals surface area contributed by atoms with Crippen molar-refractivity contribution in [2.45, 2.75) is 46.5 Å². The lowest BCUT2D eigenvalue weighted by Gasteiger charge is -2.29. The fourth-order valence-electron chi connectivity index (χ4n) is 2.26. The summed E-state index contributed by atoms with van der Waals surface area (Å²) in [6.45, 7) is 6.17. The zero-order valence-electron chi connectivity index (χ0n) is 12.3. The Balaban J connectivity index is 2.98. The number of ketones is 1.